The second-order valence-corrected chi connectivity index (χ2v) is 7.30. The minimum absolute atomic E-state index is 0.0302. The van der Waals surface area contributed by atoms with E-state index >= 15 is 0 Å². The fourth-order valence-corrected chi connectivity index (χ4v) is 4.61. The predicted molar refractivity (Wildman–Crippen MR) is 77.1 cm³/mol. The maximum absolute atomic E-state index is 13.4. The van der Waals surface area contributed by atoms with Crippen LogP contribution in [0.1, 0.15) is 45.4 Å². The Morgan fingerprint density at radius 2 is 2.10 bits per heavy atom. The highest BCUT2D eigenvalue weighted by molar-refractivity contribution is 5.79. The summed E-state index contributed by atoms with van der Waals surface area (Å²) >= 11 is 0. The van der Waals surface area contributed by atoms with Crippen LogP contribution in [0.25, 0.3) is 0 Å². The lowest BCUT2D eigenvalue weighted by molar-refractivity contribution is -0.130. The highest BCUT2D eigenvalue weighted by atomic mass is 19.1. The first-order valence-electron chi connectivity index (χ1n) is 8.09. The highest BCUT2D eigenvalue weighted by Crippen LogP contribution is 2.48. The number of nitrogens with one attached hydrogen (secondary N) is 1. The van der Waals surface area contributed by atoms with Crippen LogP contribution in [0.3, 0.4) is 0 Å². The van der Waals surface area contributed by atoms with Gasteiger partial charge in [0, 0.05) is 12.0 Å². The van der Waals surface area contributed by atoms with Crippen molar-refractivity contribution in [2.45, 2.75) is 63.2 Å². The molecule has 0 aromatic heterocycles. The molecule has 1 N–H and O–H groups in total. The standard InChI is InChI=1S/C16H24FN3O/c1-16(6-11-3-2-4-12(11)7-16)19-9-15(21)20-10-13(17)5-14(20)8-18/h11-14,19H,2-7,9-10H2,1H3/t11-,12+,13?,14?,16?. The number of alkyl halides is 1. The second-order valence-electron chi connectivity index (χ2n) is 7.30. The first-order valence-corrected chi connectivity index (χ1v) is 8.09. The van der Waals surface area contributed by atoms with Gasteiger partial charge in [-0.1, -0.05) is 19.3 Å². The molecule has 3 rings (SSSR count). The minimum atomic E-state index is -1.06. The van der Waals surface area contributed by atoms with E-state index in [0.717, 1.165) is 24.7 Å². The van der Waals surface area contributed by atoms with E-state index < -0.39 is 12.2 Å². The lowest BCUT2D eigenvalue weighted by Gasteiger charge is -2.28. The van der Waals surface area contributed by atoms with Crippen LogP contribution in [0.4, 0.5) is 4.39 Å². The van der Waals surface area contributed by atoms with Crippen LogP contribution in [0.2, 0.25) is 0 Å². The molecule has 0 aromatic carbocycles. The number of rotatable bonds is 3. The van der Waals surface area contributed by atoms with E-state index in [9.17, 15) is 9.18 Å². The van der Waals surface area contributed by atoms with Gasteiger partial charge < -0.3 is 10.2 Å². The van der Waals surface area contributed by atoms with E-state index in [1.807, 2.05) is 6.07 Å². The number of carbonyl (C=O) groups excluding carboxylic acids is 1. The number of hydrogen-bond donors (Lipinski definition) is 1. The molecule has 0 aromatic rings. The first kappa shape index (κ1) is 14.8. The van der Waals surface area contributed by atoms with Gasteiger partial charge >= 0.3 is 0 Å². The van der Waals surface area contributed by atoms with Crippen molar-refractivity contribution in [1.82, 2.24) is 10.2 Å². The molecule has 0 spiro atoms. The van der Waals surface area contributed by atoms with Crippen molar-refractivity contribution < 1.29 is 9.18 Å². The molecule has 2 saturated carbocycles. The van der Waals surface area contributed by atoms with Gasteiger partial charge in [0.25, 0.3) is 0 Å². The molecule has 5 atom stereocenters. The Kier molecular flexibility index (Phi) is 3.92. The van der Waals surface area contributed by atoms with Gasteiger partial charge in [-0.2, -0.15) is 5.26 Å². The first-order chi connectivity index (χ1) is 10.0. The molecule has 21 heavy (non-hydrogen) atoms. The molecule has 3 aliphatic rings. The Bertz CT molecular complexity index is 449. The maximum atomic E-state index is 13.4. The molecule has 4 nitrogen and oxygen atoms in total. The molecule has 1 saturated heterocycles. The minimum Gasteiger partial charge on any atom is -0.323 e. The van der Waals surface area contributed by atoms with Gasteiger partial charge in [-0.3, -0.25) is 4.79 Å². The highest BCUT2D eigenvalue weighted by Gasteiger charge is 2.44. The molecule has 0 bridgehead atoms. The summed E-state index contributed by atoms with van der Waals surface area (Å²) in [6.07, 6.45) is 5.37. The number of likely N-dealkylation sites (tertiary alicyclic amines) is 1. The number of hydrogen-bond acceptors (Lipinski definition) is 3. The number of nitrogens with zero attached hydrogens (tertiary/aromatic N) is 2. The fourth-order valence-electron chi connectivity index (χ4n) is 4.61. The number of halogens is 1. The molecule has 1 amide bonds. The molecule has 3 fully saturated rings. The van der Waals surface area contributed by atoms with Crippen LogP contribution < -0.4 is 5.32 Å². The van der Waals surface area contributed by atoms with Gasteiger partial charge in [-0.25, -0.2) is 4.39 Å². The molecular formula is C16H24FN3O. The van der Waals surface area contributed by atoms with Crippen LogP contribution in [-0.4, -0.2) is 41.6 Å². The zero-order valence-corrected chi connectivity index (χ0v) is 12.6. The van der Waals surface area contributed by atoms with Crippen molar-refractivity contribution in [1.29, 1.82) is 5.26 Å². The summed E-state index contributed by atoms with van der Waals surface area (Å²) in [5.41, 5.74) is 0.0302. The van der Waals surface area contributed by atoms with E-state index in [0.29, 0.717) is 0 Å². The Morgan fingerprint density at radius 3 is 2.71 bits per heavy atom. The number of fused-ring (bicyclic) bond motifs is 1. The van der Waals surface area contributed by atoms with Gasteiger partial charge in [0.15, 0.2) is 0 Å². The maximum Gasteiger partial charge on any atom is 0.237 e. The van der Waals surface area contributed by atoms with E-state index in [-0.39, 0.29) is 31.0 Å². The van der Waals surface area contributed by atoms with Gasteiger partial charge in [-0.05, 0) is 31.6 Å². The molecule has 0 radical (unpaired) electrons. The van der Waals surface area contributed by atoms with Crippen LogP contribution in [0.5, 0.6) is 0 Å². The average molecular weight is 293 g/mol. The van der Waals surface area contributed by atoms with E-state index in [1.165, 1.54) is 24.2 Å². The van der Waals surface area contributed by atoms with Gasteiger partial charge in [-0.15, -0.1) is 0 Å². The summed E-state index contributed by atoms with van der Waals surface area (Å²) in [7, 11) is 0. The summed E-state index contributed by atoms with van der Waals surface area (Å²) in [6, 6.07) is 1.44. The lowest BCUT2D eigenvalue weighted by atomic mass is 9.96. The van der Waals surface area contributed by atoms with Crippen LogP contribution in [0.15, 0.2) is 0 Å². The van der Waals surface area contributed by atoms with Gasteiger partial charge in [0.1, 0.15) is 12.2 Å². The Morgan fingerprint density at radius 1 is 1.43 bits per heavy atom. The molecule has 116 valence electrons. The normalized spacial score (nSPS) is 42.0. The number of carbonyl (C=O) groups is 1. The molecule has 5 heteroatoms. The summed E-state index contributed by atoms with van der Waals surface area (Å²) in [5.74, 6) is 1.48. The third-order valence-electron chi connectivity index (χ3n) is 5.63. The van der Waals surface area contributed by atoms with Crippen molar-refractivity contribution in [2.75, 3.05) is 13.1 Å². The topological polar surface area (TPSA) is 56.1 Å². The third kappa shape index (κ3) is 2.91. The monoisotopic (exact) mass is 293 g/mol. The van der Waals surface area contributed by atoms with Crippen molar-refractivity contribution in [3.63, 3.8) is 0 Å². The quantitative estimate of drug-likeness (QED) is 0.866. The molecule has 1 heterocycles. The Labute approximate surface area is 125 Å². The van der Waals surface area contributed by atoms with Crippen LogP contribution in [-0.2, 0) is 4.79 Å². The average Bonchev–Trinajstić information content (AvgIpc) is 3.09. The summed E-state index contributed by atoms with van der Waals surface area (Å²) in [4.78, 5) is 13.7. The van der Waals surface area contributed by atoms with Gasteiger partial charge in [0.05, 0.1) is 19.2 Å². The van der Waals surface area contributed by atoms with E-state index in [2.05, 4.69) is 12.2 Å². The predicted octanol–water partition coefficient (Wildman–Crippen LogP) is 2.01. The fraction of sp³-hybridized carbons (Fsp3) is 0.875. The zero-order valence-electron chi connectivity index (χ0n) is 12.6. The van der Waals surface area contributed by atoms with E-state index in [4.69, 9.17) is 5.26 Å². The van der Waals surface area contributed by atoms with E-state index in [1.54, 1.807) is 0 Å². The van der Waals surface area contributed by atoms with Crippen LogP contribution >= 0.6 is 0 Å². The molecule has 3 unspecified atom stereocenters. The van der Waals surface area contributed by atoms with Gasteiger partial charge in [0.2, 0.25) is 5.91 Å². The summed E-state index contributed by atoms with van der Waals surface area (Å²) in [5, 5.41) is 12.4. The summed E-state index contributed by atoms with van der Waals surface area (Å²) < 4.78 is 13.4. The molecule has 1 aliphatic heterocycles. The smallest absolute Gasteiger partial charge is 0.237 e. The lowest BCUT2D eigenvalue weighted by Crippen LogP contribution is -2.48. The largest absolute Gasteiger partial charge is 0.323 e. The van der Waals surface area contributed by atoms with Crippen LogP contribution in [0, 0.1) is 23.2 Å². The Hall–Kier alpha value is -1.15. The summed E-state index contributed by atoms with van der Waals surface area (Å²) in [6.45, 7) is 2.49. The number of amides is 1. The van der Waals surface area contributed by atoms with Crippen molar-refractivity contribution >= 4 is 5.91 Å². The SMILES string of the molecule is CC1(NCC(=O)N2CC(F)CC2C#N)C[C@H]2CCC[C@H]2C1. The van der Waals surface area contributed by atoms with Crippen molar-refractivity contribution in [3.05, 3.63) is 0 Å². The molecular weight excluding hydrogens is 269 g/mol. The Balaban J connectivity index is 1.53. The zero-order chi connectivity index (χ0) is 15.0. The second kappa shape index (κ2) is 5.57. The van der Waals surface area contributed by atoms with Crippen molar-refractivity contribution in [3.8, 4) is 6.07 Å². The third-order valence-corrected chi connectivity index (χ3v) is 5.63. The number of nitriles is 1. The molecule has 2 aliphatic carbocycles. The van der Waals surface area contributed by atoms with Crippen molar-refractivity contribution in [2.24, 2.45) is 11.8 Å².